The van der Waals surface area contributed by atoms with E-state index in [0.717, 1.165) is 14.7 Å². The summed E-state index contributed by atoms with van der Waals surface area (Å²) in [5, 5.41) is 16.1. The number of β-lactam (4-membered cyclic amide) rings is 1. The maximum absolute atomic E-state index is 13.4. The number of fused-ring (bicyclic) bond motifs is 1. The Morgan fingerprint density at radius 2 is 1.56 bits per heavy atom. The largest absolute Gasteiger partial charge is 1.00 e. The number of thioether (sulfide) groups is 1. The van der Waals surface area contributed by atoms with Crippen molar-refractivity contribution in [2.75, 3.05) is 18.8 Å². The Labute approximate surface area is 261 Å². The van der Waals surface area contributed by atoms with Crippen molar-refractivity contribution in [3.8, 4) is 0 Å². The molecular weight excluding hydrogens is 561 g/mol. The van der Waals surface area contributed by atoms with Gasteiger partial charge in [-0.1, -0.05) is 48.5 Å². The second-order valence-corrected chi connectivity index (χ2v) is 10.5. The van der Waals surface area contributed by atoms with Crippen LogP contribution in [0.15, 0.2) is 71.9 Å². The van der Waals surface area contributed by atoms with Gasteiger partial charge in [0, 0.05) is 17.9 Å². The van der Waals surface area contributed by atoms with Crippen molar-refractivity contribution >= 4 is 47.5 Å². The first-order valence-corrected chi connectivity index (χ1v) is 13.4. The third-order valence-corrected chi connectivity index (χ3v) is 8.26. The monoisotopic (exact) mass is 585 g/mol. The van der Waals surface area contributed by atoms with Crippen LogP contribution in [-0.2, 0) is 14.4 Å². The maximum atomic E-state index is 13.4. The quantitative estimate of drug-likeness (QED) is 0.277. The summed E-state index contributed by atoms with van der Waals surface area (Å²) in [6, 6.07) is 12.4. The second-order valence-electron chi connectivity index (χ2n) is 9.36. The fourth-order valence-electron chi connectivity index (χ4n) is 4.80. The van der Waals surface area contributed by atoms with Crippen LogP contribution in [-0.4, -0.2) is 80.7 Å². The van der Waals surface area contributed by atoms with Crippen molar-refractivity contribution in [3.05, 3.63) is 83.1 Å². The van der Waals surface area contributed by atoms with Crippen LogP contribution < -0.4 is 45.3 Å². The molecule has 14 heteroatoms. The molecule has 5 rings (SSSR count). The van der Waals surface area contributed by atoms with Gasteiger partial charge in [-0.25, -0.2) is 14.5 Å². The summed E-state index contributed by atoms with van der Waals surface area (Å²) in [6.45, 7) is 1.52. The number of amides is 7. The van der Waals surface area contributed by atoms with Gasteiger partial charge in [-0.05, 0) is 30.2 Å². The van der Waals surface area contributed by atoms with Gasteiger partial charge < -0.3 is 20.5 Å². The average molecular weight is 586 g/mol. The molecule has 41 heavy (non-hydrogen) atoms. The third-order valence-electron chi connectivity index (χ3n) is 6.83. The summed E-state index contributed by atoms with van der Waals surface area (Å²) in [7, 11) is 0. The fraction of sp³-hybridized carbons (Fsp3) is 0.259. The first-order chi connectivity index (χ1) is 19.2. The van der Waals surface area contributed by atoms with E-state index in [0.29, 0.717) is 22.5 Å². The zero-order valence-electron chi connectivity index (χ0n) is 22.2. The van der Waals surface area contributed by atoms with E-state index in [9.17, 15) is 33.9 Å². The predicted octanol–water partition coefficient (Wildman–Crippen LogP) is -2.56. The van der Waals surface area contributed by atoms with Crippen molar-refractivity contribution in [3.63, 3.8) is 0 Å². The minimum Gasteiger partial charge on any atom is -0.543 e. The number of nitrogens with zero attached hydrogens (tertiary/aromatic N) is 3. The summed E-state index contributed by atoms with van der Waals surface area (Å²) < 4.78 is 0. The van der Waals surface area contributed by atoms with Gasteiger partial charge in [0.05, 0.1) is 18.2 Å². The van der Waals surface area contributed by atoms with Gasteiger partial charge in [0.2, 0.25) is 5.91 Å². The van der Waals surface area contributed by atoms with Gasteiger partial charge in [-0.15, -0.1) is 11.8 Å². The van der Waals surface area contributed by atoms with Crippen LogP contribution in [0.25, 0.3) is 0 Å². The van der Waals surface area contributed by atoms with Gasteiger partial charge in [0.15, 0.2) is 0 Å². The van der Waals surface area contributed by atoms with Crippen LogP contribution in [0.4, 0.5) is 9.59 Å². The fourth-order valence-corrected chi connectivity index (χ4v) is 6.09. The SMILES string of the molecule is CC1=C(C(=O)[O-])N2C(=O)C(NC(=O)C(NC(=O)N3CCN(C(=O)c4ccccc4)C3=O)c3ccccc3)[C@@H]2SC1.[Na+]. The van der Waals surface area contributed by atoms with E-state index >= 15 is 0 Å². The summed E-state index contributed by atoms with van der Waals surface area (Å²) >= 11 is 1.30. The Morgan fingerprint density at radius 3 is 2.20 bits per heavy atom. The number of hydrogen-bond acceptors (Lipinski definition) is 8. The molecule has 3 aliphatic heterocycles. The number of nitrogens with one attached hydrogen (secondary N) is 2. The Bertz CT molecular complexity index is 1440. The van der Waals surface area contributed by atoms with Crippen molar-refractivity contribution in [1.82, 2.24) is 25.3 Å². The number of carbonyl (C=O) groups is 6. The van der Waals surface area contributed by atoms with E-state index in [1.54, 1.807) is 67.6 Å². The molecule has 0 aliphatic carbocycles. The molecule has 2 unspecified atom stereocenters. The third kappa shape index (κ3) is 5.75. The van der Waals surface area contributed by atoms with Crippen LogP contribution in [0.5, 0.6) is 0 Å². The Kier molecular flexibility index (Phi) is 9.22. The number of carboxylic acid groups (broad SMARTS) is 1. The first kappa shape index (κ1) is 30.3. The van der Waals surface area contributed by atoms with E-state index in [1.807, 2.05) is 0 Å². The molecule has 0 aromatic heterocycles. The number of hydrogen-bond donors (Lipinski definition) is 2. The van der Waals surface area contributed by atoms with E-state index in [-0.39, 0.29) is 48.3 Å². The van der Waals surface area contributed by atoms with Crippen molar-refractivity contribution in [1.29, 1.82) is 0 Å². The van der Waals surface area contributed by atoms with Crippen LogP contribution in [0.3, 0.4) is 0 Å². The molecule has 3 atom stereocenters. The van der Waals surface area contributed by atoms with Gasteiger partial charge >= 0.3 is 41.6 Å². The molecule has 0 spiro atoms. The minimum atomic E-state index is -1.47. The number of benzene rings is 2. The van der Waals surface area contributed by atoms with Crippen molar-refractivity contribution in [2.24, 2.45) is 0 Å². The van der Waals surface area contributed by atoms with E-state index in [4.69, 9.17) is 0 Å². The van der Waals surface area contributed by atoms with Gasteiger partial charge in [-0.2, -0.15) is 0 Å². The first-order valence-electron chi connectivity index (χ1n) is 12.4. The molecule has 2 saturated heterocycles. The molecule has 206 valence electrons. The molecule has 12 nitrogen and oxygen atoms in total. The van der Waals surface area contributed by atoms with E-state index in [1.165, 1.54) is 11.8 Å². The number of imide groups is 2. The van der Waals surface area contributed by atoms with Gasteiger partial charge in [0.25, 0.3) is 11.8 Å². The molecule has 2 N–H and O–H groups in total. The molecule has 0 saturated carbocycles. The Hall–Kier alpha value is -3.65. The number of aliphatic carboxylic acids is 1. The van der Waals surface area contributed by atoms with E-state index < -0.39 is 53.2 Å². The Balaban J connectivity index is 0.00000387. The molecule has 2 aromatic carbocycles. The van der Waals surface area contributed by atoms with E-state index in [2.05, 4.69) is 10.6 Å². The van der Waals surface area contributed by atoms with Crippen LogP contribution in [0.2, 0.25) is 0 Å². The van der Waals surface area contributed by atoms with Gasteiger partial charge in [0.1, 0.15) is 17.5 Å². The maximum Gasteiger partial charge on any atom is 1.00 e. The molecule has 0 radical (unpaired) electrons. The molecule has 3 heterocycles. The summed E-state index contributed by atoms with van der Waals surface area (Å²) in [6.07, 6.45) is 0. The second kappa shape index (κ2) is 12.5. The summed E-state index contributed by atoms with van der Waals surface area (Å²) in [4.78, 5) is 79.6. The zero-order chi connectivity index (χ0) is 28.6. The average Bonchev–Trinajstić information content (AvgIpc) is 3.35. The smallest absolute Gasteiger partial charge is 0.543 e. The van der Waals surface area contributed by atoms with Crippen molar-refractivity contribution in [2.45, 2.75) is 24.4 Å². The van der Waals surface area contributed by atoms with Gasteiger partial charge in [-0.3, -0.25) is 24.2 Å². The minimum absolute atomic E-state index is 0. The molecule has 2 fully saturated rings. The Morgan fingerprint density at radius 1 is 0.951 bits per heavy atom. The summed E-state index contributed by atoms with van der Waals surface area (Å²) in [5.74, 6) is -2.99. The predicted molar refractivity (Wildman–Crippen MR) is 140 cm³/mol. The van der Waals surface area contributed by atoms with Crippen LogP contribution >= 0.6 is 11.8 Å². The van der Waals surface area contributed by atoms with Crippen LogP contribution in [0, 0.1) is 0 Å². The standard InChI is InChI=1S/C27H25N5O7S.Na/c1-15-14-40-24-19(23(35)32(24)20(15)25(36)37)28-21(33)18(16-8-4-2-5-9-16)29-26(38)31-13-12-30(27(31)39)22(34)17-10-6-3-7-11-17;/h2-11,18-19,24H,12-14H2,1H3,(H,28,33)(H,29,38)(H,36,37);/q;+1/p-1/t18?,19?,24-;/m0./s1. The molecule has 7 amide bonds. The number of carboxylic acids is 1. The van der Waals surface area contributed by atoms with Crippen molar-refractivity contribution < 1.29 is 63.4 Å². The molecular formula is C27H24N5NaO7S. The molecule has 2 aromatic rings. The topological polar surface area (TPSA) is 159 Å². The number of urea groups is 2. The number of carbonyl (C=O) groups excluding carboxylic acids is 6. The molecule has 3 aliphatic rings. The summed E-state index contributed by atoms with van der Waals surface area (Å²) in [5.41, 5.74) is 0.979. The normalized spacial score (nSPS) is 20.5. The number of rotatable bonds is 6. The van der Waals surface area contributed by atoms with Crippen LogP contribution in [0.1, 0.15) is 28.9 Å². The zero-order valence-corrected chi connectivity index (χ0v) is 25.1. The molecule has 0 bridgehead atoms.